The summed E-state index contributed by atoms with van der Waals surface area (Å²) in [4.78, 5) is 0. The Hall–Kier alpha value is -4.42. The van der Waals surface area contributed by atoms with Gasteiger partial charge < -0.3 is 0 Å². The normalized spacial score (nSPS) is 11.6. The van der Waals surface area contributed by atoms with Crippen molar-refractivity contribution in [3.8, 4) is 22.3 Å². The van der Waals surface area contributed by atoms with E-state index in [1.54, 1.807) is 0 Å². The Labute approximate surface area is 205 Å². The first kappa shape index (κ1) is 20.0. The Balaban J connectivity index is 1.60. The molecule has 0 nitrogen and oxygen atoms in total. The predicted molar refractivity (Wildman–Crippen MR) is 152 cm³/mol. The van der Waals surface area contributed by atoms with Gasteiger partial charge in [0.05, 0.1) is 0 Å². The largest absolute Gasteiger partial charge is 0.0616 e. The van der Waals surface area contributed by atoms with Crippen molar-refractivity contribution >= 4 is 43.1 Å². The highest BCUT2D eigenvalue weighted by atomic mass is 14.2. The SMILES string of the molecule is Cc1ccc(-c2ccc3ccccc3c2-c2ccc3c4ccccc4c4ccccc4c3c2)cc1. The maximum absolute atomic E-state index is 2.41. The second-order valence-corrected chi connectivity index (χ2v) is 9.43. The van der Waals surface area contributed by atoms with Gasteiger partial charge in [-0.1, -0.05) is 127 Å². The van der Waals surface area contributed by atoms with Crippen LogP contribution in [0.4, 0.5) is 0 Å². The summed E-state index contributed by atoms with van der Waals surface area (Å²) < 4.78 is 0. The average molecular weight is 445 g/mol. The molecule has 0 spiro atoms. The third kappa shape index (κ3) is 3.15. The van der Waals surface area contributed by atoms with Crippen LogP contribution in [0.3, 0.4) is 0 Å². The van der Waals surface area contributed by atoms with Crippen LogP contribution in [-0.4, -0.2) is 0 Å². The highest BCUT2D eigenvalue weighted by Gasteiger charge is 2.14. The van der Waals surface area contributed by atoms with Crippen LogP contribution >= 0.6 is 0 Å². The van der Waals surface area contributed by atoms with E-state index >= 15 is 0 Å². The van der Waals surface area contributed by atoms with E-state index in [4.69, 9.17) is 0 Å². The summed E-state index contributed by atoms with van der Waals surface area (Å²) in [7, 11) is 0. The molecular weight excluding hydrogens is 420 g/mol. The van der Waals surface area contributed by atoms with E-state index in [-0.39, 0.29) is 0 Å². The molecule has 0 aliphatic rings. The van der Waals surface area contributed by atoms with Crippen molar-refractivity contribution < 1.29 is 0 Å². The zero-order valence-electron chi connectivity index (χ0n) is 19.6. The summed E-state index contributed by atoms with van der Waals surface area (Å²) in [5.74, 6) is 0. The van der Waals surface area contributed by atoms with Gasteiger partial charge in [0.25, 0.3) is 0 Å². The Morgan fingerprint density at radius 1 is 0.371 bits per heavy atom. The van der Waals surface area contributed by atoms with Crippen molar-refractivity contribution in [2.45, 2.75) is 6.92 Å². The van der Waals surface area contributed by atoms with Crippen molar-refractivity contribution in [1.82, 2.24) is 0 Å². The van der Waals surface area contributed by atoms with Gasteiger partial charge in [0.15, 0.2) is 0 Å². The molecule has 0 heterocycles. The molecule has 0 aliphatic carbocycles. The molecule has 0 radical (unpaired) electrons. The summed E-state index contributed by atoms with van der Waals surface area (Å²) in [6.07, 6.45) is 0. The summed E-state index contributed by atoms with van der Waals surface area (Å²) in [5.41, 5.74) is 6.35. The van der Waals surface area contributed by atoms with Gasteiger partial charge in [0.1, 0.15) is 0 Å². The quantitative estimate of drug-likeness (QED) is 0.233. The molecule has 0 fully saturated rings. The van der Waals surface area contributed by atoms with Gasteiger partial charge in [-0.2, -0.15) is 0 Å². The van der Waals surface area contributed by atoms with Crippen LogP contribution in [0, 0.1) is 6.92 Å². The zero-order valence-corrected chi connectivity index (χ0v) is 19.6. The van der Waals surface area contributed by atoms with Gasteiger partial charge in [-0.3, -0.25) is 0 Å². The van der Waals surface area contributed by atoms with E-state index in [0.717, 1.165) is 0 Å². The van der Waals surface area contributed by atoms with Gasteiger partial charge in [-0.25, -0.2) is 0 Å². The fourth-order valence-electron chi connectivity index (χ4n) is 5.62. The molecular formula is C35H24. The van der Waals surface area contributed by atoms with Gasteiger partial charge in [-0.05, 0) is 78.3 Å². The van der Waals surface area contributed by atoms with Crippen LogP contribution in [0.5, 0.6) is 0 Å². The number of benzene rings is 7. The lowest BCUT2D eigenvalue weighted by Crippen LogP contribution is -1.90. The maximum atomic E-state index is 2.41. The number of fused-ring (bicyclic) bond motifs is 7. The van der Waals surface area contributed by atoms with Gasteiger partial charge in [0, 0.05) is 0 Å². The molecule has 0 aromatic heterocycles. The van der Waals surface area contributed by atoms with Crippen LogP contribution in [0.1, 0.15) is 5.56 Å². The average Bonchev–Trinajstić information content (AvgIpc) is 2.93. The third-order valence-electron chi connectivity index (χ3n) is 7.32. The molecule has 35 heavy (non-hydrogen) atoms. The lowest BCUT2D eigenvalue weighted by atomic mass is 9.87. The van der Waals surface area contributed by atoms with Crippen LogP contribution < -0.4 is 0 Å². The molecule has 7 rings (SSSR count). The molecule has 7 aromatic rings. The highest BCUT2D eigenvalue weighted by molar-refractivity contribution is 6.26. The molecule has 0 atom stereocenters. The van der Waals surface area contributed by atoms with E-state index in [1.807, 2.05) is 0 Å². The minimum atomic E-state index is 1.25. The second kappa shape index (κ2) is 7.82. The van der Waals surface area contributed by atoms with Crippen LogP contribution in [-0.2, 0) is 0 Å². The maximum Gasteiger partial charge on any atom is -0.00266 e. The van der Waals surface area contributed by atoms with Crippen LogP contribution in [0.2, 0.25) is 0 Å². The molecule has 0 N–H and O–H groups in total. The molecule has 0 saturated carbocycles. The molecule has 0 unspecified atom stereocenters. The van der Waals surface area contributed by atoms with Crippen molar-refractivity contribution in [3.63, 3.8) is 0 Å². The number of aryl methyl sites for hydroxylation is 1. The first-order chi connectivity index (χ1) is 17.3. The summed E-state index contributed by atoms with van der Waals surface area (Å²) in [6, 6.07) is 46.8. The van der Waals surface area contributed by atoms with E-state index in [2.05, 4.69) is 134 Å². The number of rotatable bonds is 2. The smallest absolute Gasteiger partial charge is 0.00266 e. The third-order valence-corrected chi connectivity index (χ3v) is 7.32. The second-order valence-electron chi connectivity index (χ2n) is 9.43. The molecule has 0 aliphatic heterocycles. The molecule has 164 valence electrons. The van der Waals surface area contributed by atoms with Gasteiger partial charge in [0.2, 0.25) is 0 Å². The van der Waals surface area contributed by atoms with Gasteiger partial charge >= 0.3 is 0 Å². The predicted octanol–water partition coefficient (Wildman–Crippen LogP) is 9.94. The van der Waals surface area contributed by atoms with E-state index < -0.39 is 0 Å². The lowest BCUT2D eigenvalue weighted by molar-refractivity contribution is 1.47. The molecule has 7 aromatic carbocycles. The first-order valence-electron chi connectivity index (χ1n) is 12.2. The van der Waals surface area contributed by atoms with E-state index in [9.17, 15) is 0 Å². The van der Waals surface area contributed by atoms with Crippen molar-refractivity contribution in [3.05, 3.63) is 133 Å². The standard InChI is InChI=1S/C35H24/c1-23-14-16-25(17-15-23)28-20-18-24-8-2-3-9-27(24)35(28)26-19-21-33-31-12-5-4-10-29(31)30-11-6-7-13-32(30)34(33)22-26/h2-22H,1H3. The van der Waals surface area contributed by atoms with E-state index in [0.29, 0.717) is 0 Å². The highest BCUT2D eigenvalue weighted by Crippen LogP contribution is 2.42. The van der Waals surface area contributed by atoms with Crippen LogP contribution in [0.25, 0.3) is 65.3 Å². The van der Waals surface area contributed by atoms with Crippen molar-refractivity contribution in [2.75, 3.05) is 0 Å². The van der Waals surface area contributed by atoms with Crippen LogP contribution in [0.15, 0.2) is 127 Å². The molecule has 0 heteroatoms. The number of hydrogen-bond acceptors (Lipinski definition) is 0. The van der Waals surface area contributed by atoms with Crippen molar-refractivity contribution in [1.29, 1.82) is 0 Å². The summed E-state index contributed by atoms with van der Waals surface area (Å²) in [6.45, 7) is 2.14. The Bertz CT molecular complexity index is 1850. The Morgan fingerprint density at radius 3 is 1.54 bits per heavy atom. The fraction of sp³-hybridized carbons (Fsp3) is 0.0286. The Kier molecular flexibility index (Phi) is 4.47. The zero-order chi connectivity index (χ0) is 23.4. The summed E-state index contributed by atoms with van der Waals surface area (Å²) in [5, 5.41) is 10.4. The summed E-state index contributed by atoms with van der Waals surface area (Å²) >= 11 is 0. The topological polar surface area (TPSA) is 0 Å². The first-order valence-corrected chi connectivity index (χ1v) is 12.2. The molecule has 0 amide bonds. The number of hydrogen-bond donors (Lipinski definition) is 0. The minimum absolute atomic E-state index is 1.25. The minimum Gasteiger partial charge on any atom is -0.0616 e. The van der Waals surface area contributed by atoms with Gasteiger partial charge in [-0.15, -0.1) is 0 Å². The monoisotopic (exact) mass is 444 g/mol. The Morgan fingerprint density at radius 2 is 0.886 bits per heavy atom. The molecule has 0 bridgehead atoms. The van der Waals surface area contributed by atoms with E-state index in [1.165, 1.54) is 70.9 Å². The lowest BCUT2D eigenvalue weighted by Gasteiger charge is -2.16. The molecule has 0 saturated heterocycles. The fourth-order valence-corrected chi connectivity index (χ4v) is 5.62. The van der Waals surface area contributed by atoms with Crippen molar-refractivity contribution in [2.24, 2.45) is 0 Å².